The maximum absolute atomic E-state index is 12.6. The summed E-state index contributed by atoms with van der Waals surface area (Å²) in [5, 5.41) is 0. The number of aryl methyl sites for hydroxylation is 1. The van der Waals surface area contributed by atoms with Crippen LogP contribution in [0.1, 0.15) is 24.5 Å². The summed E-state index contributed by atoms with van der Waals surface area (Å²) in [6.07, 6.45) is -3.14. The van der Waals surface area contributed by atoms with Gasteiger partial charge in [0.2, 0.25) is 0 Å². The molecule has 0 saturated carbocycles. The van der Waals surface area contributed by atoms with Gasteiger partial charge in [-0.05, 0) is 61.4 Å². The normalized spacial score (nSPS) is 11.7. The Kier molecular flexibility index (Phi) is 10.3. The van der Waals surface area contributed by atoms with Crippen molar-refractivity contribution in [2.24, 2.45) is 5.92 Å². The van der Waals surface area contributed by atoms with E-state index in [2.05, 4.69) is 13.0 Å². The van der Waals surface area contributed by atoms with Crippen molar-refractivity contribution in [2.45, 2.75) is 31.3 Å². The number of carbonyl (C=O) groups excluding carboxylic acids is 2. The molecule has 0 bridgehead atoms. The van der Waals surface area contributed by atoms with E-state index >= 15 is 0 Å². The van der Waals surface area contributed by atoms with Crippen LogP contribution in [0.2, 0.25) is 0 Å². The van der Waals surface area contributed by atoms with Crippen molar-refractivity contribution < 1.29 is 32.2 Å². The second-order valence-electron chi connectivity index (χ2n) is 6.13. The van der Waals surface area contributed by atoms with Crippen LogP contribution in [-0.2, 0) is 15.8 Å². The fraction of sp³-hybridized carbons (Fsp3) is 0.381. The van der Waals surface area contributed by atoms with Gasteiger partial charge >= 0.3 is 12.3 Å². The van der Waals surface area contributed by atoms with Gasteiger partial charge in [-0.25, -0.2) is 0 Å². The van der Waals surface area contributed by atoms with E-state index in [4.69, 9.17) is 19.1 Å². The number of thioether (sulfide) groups is 1. The van der Waals surface area contributed by atoms with Crippen LogP contribution in [0.5, 0.6) is 11.5 Å². The molecule has 2 aromatic rings. The molecular weight excluding hydrogens is 405 g/mol. The maximum atomic E-state index is 12.6. The van der Waals surface area contributed by atoms with Gasteiger partial charge in [0.25, 0.3) is 0 Å². The molecule has 4 nitrogen and oxygen atoms in total. The molecule has 2 rings (SSSR count). The van der Waals surface area contributed by atoms with Crippen LogP contribution in [0, 0.1) is 12.8 Å². The molecule has 2 aromatic carbocycles. The molecule has 0 amide bonds. The van der Waals surface area contributed by atoms with E-state index in [1.807, 2.05) is 19.1 Å². The van der Waals surface area contributed by atoms with Crippen LogP contribution in [0.15, 0.2) is 47.4 Å². The summed E-state index contributed by atoms with van der Waals surface area (Å²) >= 11 is 1.74. The van der Waals surface area contributed by atoms with E-state index in [1.165, 1.54) is 12.1 Å². The Morgan fingerprint density at radius 3 is 2.21 bits per heavy atom. The van der Waals surface area contributed by atoms with Crippen LogP contribution in [-0.4, -0.2) is 25.6 Å². The van der Waals surface area contributed by atoms with Crippen LogP contribution < -0.4 is 9.47 Å². The van der Waals surface area contributed by atoms with Gasteiger partial charge in [-0.15, -0.1) is 11.8 Å². The minimum Gasteiger partial charge on any atom is -0.496 e. The van der Waals surface area contributed by atoms with Gasteiger partial charge in [-0.1, -0.05) is 6.92 Å². The Hall–Kier alpha value is -2.44. The van der Waals surface area contributed by atoms with Gasteiger partial charge in [-0.3, -0.25) is 0 Å². The molecule has 0 aromatic heterocycles. The van der Waals surface area contributed by atoms with Crippen LogP contribution in [0.3, 0.4) is 0 Å². The molecule has 0 aliphatic rings. The average molecular weight is 428 g/mol. The Morgan fingerprint density at radius 1 is 1.10 bits per heavy atom. The first kappa shape index (κ1) is 24.6. The second kappa shape index (κ2) is 12.2. The smallest absolute Gasteiger partial charge is 0.416 e. The van der Waals surface area contributed by atoms with E-state index in [1.54, 1.807) is 18.9 Å². The number of hydrogen-bond donors (Lipinski definition) is 0. The van der Waals surface area contributed by atoms with Gasteiger partial charge in [0.15, 0.2) is 0 Å². The zero-order valence-corrected chi connectivity index (χ0v) is 17.2. The van der Waals surface area contributed by atoms with Gasteiger partial charge in [0.1, 0.15) is 11.5 Å². The van der Waals surface area contributed by atoms with Crippen LogP contribution >= 0.6 is 11.8 Å². The lowest BCUT2D eigenvalue weighted by Crippen LogP contribution is -2.14. The lowest BCUT2D eigenvalue weighted by molar-refractivity contribution is -0.191. The molecule has 0 spiro atoms. The van der Waals surface area contributed by atoms with Crippen molar-refractivity contribution in [3.05, 3.63) is 53.6 Å². The molecule has 0 radical (unpaired) electrons. The SMILES string of the molecule is CC[C@H](COc1ccc(C(F)(F)F)cc1)CSc1ccc(OC)c(C)c1.O=C=O. The first-order valence-electron chi connectivity index (χ1n) is 8.81. The summed E-state index contributed by atoms with van der Waals surface area (Å²) in [6, 6.07) is 10.9. The molecule has 8 heteroatoms. The third-order valence-corrected chi connectivity index (χ3v) is 5.32. The highest BCUT2D eigenvalue weighted by Crippen LogP contribution is 2.31. The highest BCUT2D eigenvalue weighted by molar-refractivity contribution is 7.99. The first-order chi connectivity index (χ1) is 13.7. The highest BCUT2D eigenvalue weighted by atomic mass is 32.2. The summed E-state index contributed by atoms with van der Waals surface area (Å²) in [6.45, 7) is 4.57. The highest BCUT2D eigenvalue weighted by Gasteiger charge is 2.30. The van der Waals surface area contributed by atoms with E-state index in [9.17, 15) is 13.2 Å². The maximum Gasteiger partial charge on any atom is 0.416 e. The van der Waals surface area contributed by atoms with Crippen molar-refractivity contribution in [2.75, 3.05) is 19.5 Å². The van der Waals surface area contributed by atoms with Crippen LogP contribution in [0.4, 0.5) is 13.2 Å². The largest absolute Gasteiger partial charge is 0.496 e. The molecule has 0 fully saturated rings. The molecule has 0 unspecified atom stereocenters. The Bertz CT molecular complexity index is 786. The predicted molar refractivity (Wildman–Crippen MR) is 104 cm³/mol. The van der Waals surface area contributed by atoms with E-state index in [0.717, 1.165) is 40.5 Å². The fourth-order valence-corrected chi connectivity index (χ4v) is 3.58. The summed E-state index contributed by atoms with van der Waals surface area (Å²) in [5.74, 6) is 2.52. The minimum absolute atomic E-state index is 0.250. The summed E-state index contributed by atoms with van der Waals surface area (Å²) < 4.78 is 48.7. The second-order valence-corrected chi connectivity index (χ2v) is 7.23. The predicted octanol–water partition coefficient (Wildman–Crippen LogP) is 5.64. The standard InChI is InChI=1S/C20H23F3O2S.CO2/c1-4-15(13-26-18-9-10-19(24-3)14(2)11-18)12-25-17-7-5-16(6-8-17)20(21,22)23;2-1-3/h5-11,15H,4,12-13H2,1-3H3;/t15-;/m1./s1. The van der Waals surface area contributed by atoms with Crippen molar-refractivity contribution in [3.63, 3.8) is 0 Å². The number of ether oxygens (including phenoxy) is 2. The Labute approximate surface area is 172 Å². The van der Waals surface area contributed by atoms with Crippen molar-refractivity contribution in [1.82, 2.24) is 0 Å². The number of benzene rings is 2. The molecule has 1 atom stereocenters. The first-order valence-corrected chi connectivity index (χ1v) is 9.80. The molecule has 0 aliphatic carbocycles. The third kappa shape index (κ3) is 8.62. The lowest BCUT2D eigenvalue weighted by Gasteiger charge is -2.16. The zero-order valence-electron chi connectivity index (χ0n) is 16.4. The topological polar surface area (TPSA) is 52.6 Å². The quantitative estimate of drug-likeness (QED) is 0.510. The molecular formula is C21H23F3O4S. The number of halogens is 3. The number of alkyl halides is 3. The number of methoxy groups -OCH3 is 1. The summed E-state index contributed by atoms with van der Waals surface area (Å²) in [7, 11) is 1.65. The third-order valence-electron chi connectivity index (χ3n) is 4.10. The molecule has 29 heavy (non-hydrogen) atoms. The van der Waals surface area contributed by atoms with Gasteiger partial charge in [-0.2, -0.15) is 22.8 Å². The molecule has 0 aliphatic heterocycles. The molecule has 0 saturated heterocycles. The van der Waals surface area contributed by atoms with E-state index in [-0.39, 0.29) is 6.15 Å². The fourth-order valence-electron chi connectivity index (χ4n) is 2.39. The summed E-state index contributed by atoms with van der Waals surface area (Å²) in [4.78, 5) is 17.4. The van der Waals surface area contributed by atoms with Crippen molar-refractivity contribution >= 4 is 17.9 Å². The summed E-state index contributed by atoms with van der Waals surface area (Å²) in [5.41, 5.74) is 0.425. The van der Waals surface area contributed by atoms with Crippen molar-refractivity contribution in [3.8, 4) is 11.5 Å². The average Bonchev–Trinajstić information content (AvgIpc) is 2.68. The Morgan fingerprint density at radius 2 is 1.72 bits per heavy atom. The zero-order chi connectivity index (χ0) is 21.9. The van der Waals surface area contributed by atoms with Gasteiger partial charge < -0.3 is 9.47 Å². The number of rotatable bonds is 8. The van der Waals surface area contributed by atoms with E-state index in [0.29, 0.717) is 18.3 Å². The molecule has 158 valence electrons. The minimum atomic E-state index is -4.32. The van der Waals surface area contributed by atoms with Gasteiger partial charge in [0, 0.05) is 16.6 Å². The van der Waals surface area contributed by atoms with Gasteiger partial charge in [0.05, 0.1) is 19.3 Å². The van der Waals surface area contributed by atoms with E-state index < -0.39 is 11.7 Å². The number of hydrogen-bond acceptors (Lipinski definition) is 5. The van der Waals surface area contributed by atoms with Crippen LogP contribution in [0.25, 0.3) is 0 Å². The monoisotopic (exact) mass is 428 g/mol. The van der Waals surface area contributed by atoms with Crippen molar-refractivity contribution in [1.29, 1.82) is 0 Å². The Balaban J connectivity index is 0.00000132. The molecule has 0 N–H and O–H groups in total. The molecule has 0 heterocycles. The lowest BCUT2D eigenvalue weighted by atomic mass is 10.1.